The summed E-state index contributed by atoms with van der Waals surface area (Å²) >= 11 is 0. The van der Waals surface area contributed by atoms with E-state index < -0.39 is 0 Å². The summed E-state index contributed by atoms with van der Waals surface area (Å²) in [6.07, 6.45) is 5.80. The minimum Gasteiger partial charge on any atom is -0.342 e. The van der Waals surface area contributed by atoms with Crippen molar-refractivity contribution in [2.75, 3.05) is 6.54 Å². The smallest absolute Gasteiger partial charge is 0.246 e. The van der Waals surface area contributed by atoms with Gasteiger partial charge in [-0.2, -0.15) is 0 Å². The highest BCUT2D eigenvalue weighted by atomic mass is 16.2. The van der Waals surface area contributed by atoms with Crippen molar-refractivity contribution < 1.29 is 9.59 Å². The molecule has 2 rings (SSSR count). The van der Waals surface area contributed by atoms with E-state index in [0.717, 1.165) is 12.8 Å². The Morgan fingerprint density at radius 1 is 1.21 bits per heavy atom. The Balaban J connectivity index is 2.18. The summed E-state index contributed by atoms with van der Waals surface area (Å²) in [6, 6.07) is -0.569. The zero-order chi connectivity index (χ0) is 14.0. The topological polar surface area (TPSA) is 49.4 Å². The number of nitrogens with one attached hydrogen (secondary N) is 1. The number of hydrogen-bond donors (Lipinski definition) is 1. The Morgan fingerprint density at radius 2 is 1.84 bits per heavy atom. The number of piperazine rings is 1. The second-order valence-corrected chi connectivity index (χ2v) is 6.20. The monoisotopic (exact) mass is 266 g/mol. The van der Waals surface area contributed by atoms with Gasteiger partial charge in [0.25, 0.3) is 0 Å². The van der Waals surface area contributed by atoms with E-state index in [1.54, 1.807) is 0 Å². The highest BCUT2D eigenvalue weighted by Crippen LogP contribution is 2.31. The van der Waals surface area contributed by atoms with Crippen LogP contribution in [0, 0.1) is 11.8 Å². The van der Waals surface area contributed by atoms with Crippen LogP contribution in [0.15, 0.2) is 0 Å². The van der Waals surface area contributed by atoms with E-state index in [1.165, 1.54) is 19.3 Å². The number of carbonyl (C=O) groups excluding carboxylic acids is 2. The predicted molar refractivity (Wildman–Crippen MR) is 74.5 cm³/mol. The van der Waals surface area contributed by atoms with Crippen molar-refractivity contribution in [2.24, 2.45) is 11.8 Å². The largest absolute Gasteiger partial charge is 0.342 e. The van der Waals surface area contributed by atoms with Crippen LogP contribution in [0.25, 0.3) is 0 Å². The summed E-state index contributed by atoms with van der Waals surface area (Å²) in [4.78, 5) is 26.7. The fourth-order valence-electron chi connectivity index (χ4n) is 3.48. The van der Waals surface area contributed by atoms with Crippen molar-refractivity contribution in [3.05, 3.63) is 0 Å². The predicted octanol–water partition coefficient (Wildman–Crippen LogP) is 1.94. The first-order chi connectivity index (χ1) is 9.06. The molecule has 0 aromatic rings. The van der Waals surface area contributed by atoms with Gasteiger partial charge in [0.05, 0.1) is 0 Å². The molecule has 0 spiro atoms. The molecule has 1 aliphatic carbocycles. The van der Waals surface area contributed by atoms with Gasteiger partial charge in [0.15, 0.2) is 0 Å². The molecule has 2 unspecified atom stereocenters. The van der Waals surface area contributed by atoms with Crippen molar-refractivity contribution in [1.82, 2.24) is 10.2 Å². The van der Waals surface area contributed by atoms with Crippen LogP contribution in [0.4, 0.5) is 0 Å². The Kier molecular flexibility index (Phi) is 4.48. The molecule has 1 saturated heterocycles. The van der Waals surface area contributed by atoms with Crippen LogP contribution in [0.2, 0.25) is 0 Å². The molecule has 1 aliphatic heterocycles. The van der Waals surface area contributed by atoms with Gasteiger partial charge in [-0.3, -0.25) is 9.59 Å². The fraction of sp³-hybridized carbons (Fsp3) is 0.867. The lowest BCUT2D eigenvalue weighted by molar-refractivity contribution is -0.153. The lowest BCUT2D eigenvalue weighted by Crippen LogP contribution is -2.66. The van der Waals surface area contributed by atoms with E-state index in [-0.39, 0.29) is 29.8 Å². The molecule has 4 heteroatoms. The van der Waals surface area contributed by atoms with Crippen LogP contribution in [-0.2, 0) is 9.59 Å². The molecule has 2 fully saturated rings. The molecule has 2 atom stereocenters. The van der Waals surface area contributed by atoms with Crippen molar-refractivity contribution in [3.8, 4) is 0 Å². The molecule has 2 aliphatic rings. The third kappa shape index (κ3) is 2.77. The van der Waals surface area contributed by atoms with Gasteiger partial charge < -0.3 is 10.2 Å². The van der Waals surface area contributed by atoms with Gasteiger partial charge in [-0.1, -0.05) is 33.1 Å². The normalized spacial score (nSPS) is 29.8. The molecular formula is C15H26N2O2. The number of likely N-dealkylation sites (N-methyl/N-ethyl adjacent to an activating group) is 1. The third-order valence-electron chi connectivity index (χ3n) is 4.56. The Morgan fingerprint density at radius 3 is 2.37 bits per heavy atom. The van der Waals surface area contributed by atoms with Gasteiger partial charge in [0.1, 0.15) is 12.1 Å². The van der Waals surface area contributed by atoms with Gasteiger partial charge in [0, 0.05) is 6.54 Å². The van der Waals surface area contributed by atoms with E-state index in [0.29, 0.717) is 12.5 Å². The quantitative estimate of drug-likeness (QED) is 0.848. The first kappa shape index (κ1) is 14.4. The zero-order valence-corrected chi connectivity index (χ0v) is 12.3. The molecule has 4 nitrogen and oxygen atoms in total. The van der Waals surface area contributed by atoms with Gasteiger partial charge in [-0.05, 0) is 31.6 Å². The number of amides is 2. The number of nitrogens with zero attached hydrogens (tertiary/aromatic N) is 1. The van der Waals surface area contributed by atoms with Crippen molar-refractivity contribution in [1.29, 1.82) is 0 Å². The maximum Gasteiger partial charge on any atom is 0.246 e. The van der Waals surface area contributed by atoms with Gasteiger partial charge in [0.2, 0.25) is 11.8 Å². The SMILES string of the molecule is CCN1C(=O)C(C(C)C)NC(=O)C1C1CCCCC1. The van der Waals surface area contributed by atoms with E-state index in [9.17, 15) is 9.59 Å². The van der Waals surface area contributed by atoms with Gasteiger partial charge in [-0.25, -0.2) is 0 Å². The Labute approximate surface area is 115 Å². The first-order valence-electron chi connectivity index (χ1n) is 7.67. The highest BCUT2D eigenvalue weighted by Gasteiger charge is 2.44. The maximum absolute atomic E-state index is 12.5. The Hall–Kier alpha value is -1.06. The van der Waals surface area contributed by atoms with Crippen LogP contribution in [0.5, 0.6) is 0 Å². The zero-order valence-electron chi connectivity index (χ0n) is 12.3. The minimum absolute atomic E-state index is 0.0621. The first-order valence-corrected chi connectivity index (χ1v) is 7.67. The molecule has 0 aromatic heterocycles. The van der Waals surface area contributed by atoms with Crippen molar-refractivity contribution >= 4 is 11.8 Å². The van der Waals surface area contributed by atoms with Crippen LogP contribution in [-0.4, -0.2) is 35.3 Å². The van der Waals surface area contributed by atoms with E-state index in [2.05, 4.69) is 5.32 Å². The molecule has 19 heavy (non-hydrogen) atoms. The summed E-state index contributed by atoms with van der Waals surface area (Å²) in [5, 5.41) is 2.95. The average Bonchev–Trinajstić information content (AvgIpc) is 2.41. The summed E-state index contributed by atoms with van der Waals surface area (Å²) < 4.78 is 0. The van der Waals surface area contributed by atoms with Crippen LogP contribution in [0.1, 0.15) is 52.9 Å². The molecular weight excluding hydrogens is 240 g/mol. The van der Waals surface area contributed by atoms with Gasteiger partial charge in [-0.15, -0.1) is 0 Å². The lowest BCUT2D eigenvalue weighted by Gasteiger charge is -2.44. The van der Waals surface area contributed by atoms with Crippen LogP contribution < -0.4 is 5.32 Å². The second-order valence-electron chi connectivity index (χ2n) is 6.20. The highest BCUT2D eigenvalue weighted by molar-refractivity contribution is 5.97. The summed E-state index contributed by atoms with van der Waals surface area (Å²) in [6.45, 7) is 6.58. The molecule has 1 saturated carbocycles. The molecule has 0 bridgehead atoms. The second kappa shape index (κ2) is 5.93. The molecule has 108 valence electrons. The summed E-state index contributed by atoms with van der Waals surface area (Å²) in [5.41, 5.74) is 0. The van der Waals surface area contributed by atoms with Gasteiger partial charge >= 0.3 is 0 Å². The minimum atomic E-state index is -0.340. The van der Waals surface area contributed by atoms with E-state index in [1.807, 2.05) is 25.7 Å². The maximum atomic E-state index is 12.5. The average molecular weight is 266 g/mol. The molecule has 0 radical (unpaired) electrons. The van der Waals surface area contributed by atoms with E-state index >= 15 is 0 Å². The Bertz CT molecular complexity index is 348. The molecule has 2 amide bonds. The molecule has 0 aromatic carbocycles. The van der Waals surface area contributed by atoms with Crippen molar-refractivity contribution in [2.45, 2.75) is 65.0 Å². The summed E-state index contributed by atoms with van der Waals surface area (Å²) in [7, 11) is 0. The number of rotatable bonds is 3. The standard InChI is InChI=1S/C15H26N2O2/c1-4-17-13(11-8-6-5-7-9-11)14(18)16-12(10(2)3)15(17)19/h10-13H,4-9H2,1-3H3,(H,16,18). The number of hydrogen-bond acceptors (Lipinski definition) is 2. The lowest BCUT2D eigenvalue weighted by atomic mass is 9.81. The van der Waals surface area contributed by atoms with Crippen LogP contribution in [0.3, 0.4) is 0 Å². The summed E-state index contributed by atoms with van der Waals surface area (Å²) in [5.74, 6) is 0.670. The van der Waals surface area contributed by atoms with Crippen LogP contribution >= 0.6 is 0 Å². The fourth-order valence-corrected chi connectivity index (χ4v) is 3.48. The molecule has 1 N–H and O–H groups in total. The molecule has 1 heterocycles. The third-order valence-corrected chi connectivity index (χ3v) is 4.56. The van der Waals surface area contributed by atoms with E-state index in [4.69, 9.17) is 0 Å². The number of carbonyl (C=O) groups is 2. The van der Waals surface area contributed by atoms with Crippen molar-refractivity contribution in [3.63, 3.8) is 0 Å².